The maximum absolute atomic E-state index is 3.46. The van der Waals surface area contributed by atoms with E-state index in [0.717, 1.165) is 32.7 Å². The molecule has 0 unspecified atom stereocenters. The highest BCUT2D eigenvalue weighted by molar-refractivity contribution is 5.56. The van der Waals surface area contributed by atoms with Gasteiger partial charge in [0.05, 0.1) is 0 Å². The topological polar surface area (TPSA) is 18.5 Å². The van der Waals surface area contributed by atoms with Crippen LogP contribution in [0.1, 0.15) is 43.7 Å². The van der Waals surface area contributed by atoms with Crippen molar-refractivity contribution < 1.29 is 0 Å². The molecule has 0 aliphatic carbocycles. The lowest BCUT2D eigenvalue weighted by molar-refractivity contribution is 0.331. The highest BCUT2D eigenvalue weighted by Crippen LogP contribution is 2.28. The fraction of sp³-hybridized carbons (Fsp3) is 0.667. The van der Waals surface area contributed by atoms with E-state index < -0.39 is 0 Å². The zero-order valence-electron chi connectivity index (χ0n) is 13.6. The van der Waals surface area contributed by atoms with E-state index in [-0.39, 0.29) is 0 Å². The number of likely N-dealkylation sites (tertiary alicyclic amines) is 1. The monoisotopic (exact) mass is 287 g/mol. The van der Waals surface area contributed by atoms with Gasteiger partial charge in [0.15, 0.2) is 0 Å². The lowest BCUT2D eigenvalue weighted by Crippen LogP contribution is -2.44. The van der Waals surface area contributed by atoms with Gasteiger partial charge >= 0.3 is 0 Å². The summed E-state index contributed by atoms with van der Waals surface area (Å²) in [6.07, 6.45) is 2.74. The molecule has 0 spiro atoms. The van der Waals surface area contributed by atoms with Crippen molar-refractivity contribution in [2.75, 3.05) is 44.2 Å². The highest BCUT2D eigenvalue weighted by atomic mass is 15.2. The van der Waals surface area contributed by atoms with Gasteiger partial charge in [0.1, 0.15) is 0 Å². The Kier molecular flexibility index (Phi) is 4.81. The van der Waals surface area contributed by atoms with Gasteiger partial charge < -0.3 is 10.2 Å². The van der Waals surface area contributed by atoms with Crippen molar-refractivity contribution in [3.8, 4) is 0 Å². The molecule has 2 aliphatic rings. The van der Waals surface area contributed by atoms with Gasteiger partial charge in [-0.25, -0.2) is 0 Å². The molecule has 2 saturated heterocycles. The Morgan fingerprint density at radius 1 is 1.05 bits per heavy atom. The largest absolute Gasteiger partial charge is 0.369 e. The standard InChI is InChI=1S/C18H29N3/c1-15(2)16-5-6-17(14-20-9-3-4-10-20)18(13-16)21-11-7-19-8-12-21/h5-6,13,15,19H,3-4,7-12,14H2,1-2H3. The minimum atomic E-state index is 0.604. The van der Waals surface area contributed by atoms with Crippen molar-refractivity contribution in [3.63, 3.8) is 0 Å². The summed E-state index contributed by atoms with van der Waals surface area (Å²) in [4.78, 5) is 5.18. The average molecular weight is 287 g/mol. The summed E-state index contributed by atoms with van der Waals surface area (Å²) in [5.41, 5.74) is 4.46. The predicted molar refractivity (Wildman–Crippen MR) is 90.1 cm³/mol. The molecule has 1 aromatic rings. The summed E-state index contributed by atoms with van der Waals surface area (Å²) >= 11 is 0. The van der Waals surface area contributed by atoms with Crippen LogP contribution in [0.25, 0.3) is 0 Å². The summed E-state index contributed by atoms with van der Waals surface area (Å²) < 4.78 is 0. The van der Waals surface area contributed by atoms with Crippen LogP contribution in [0, 0.1) is 0 Å². The fourth-order valence-electron chi connectivity index (χ4n) is 3.46. The van der Waals surface area contributed by atoms with E-state index in [2.05, 4.69) is 47.2 Å². The van der Waals surface area contributed by atoms with Crippen LogP contribution in [0.2, 0.25) is 0 Å². The van der Waals surface area contributed by atoms with Gasteiger partial charge in [-0.1, -0.05) is 26.0 Å². The van der Waals surface area contributed by atoms with Crippen LogP contribution in [0.3, 0.4) is 0 Å². The second-order valence-corrected chi connectivity index (χ2v) is 6.76. The molecule has 2 heterocycles. The molecule has 0 atom stereocenters. The molecule has 3 rings (SSSR count). The van der Waals surface area contributed by atoms with Crippen molar-refractivity contribution in [1.29, 1.82) is 0 Å². The predicted octanol–water partition coefficient (Wildman–Crippen LogP) is 2.82. The summed E-state index contributed by atoms with van der Waals surface area (Å²) in [5, 5.41) is 3.46. The van der Waals surface area contributed by atoms with Crippen molar-refractivity contribution >= 4 is 5.69 Å². The molecule has 2 fully saturated rings. The number of anilines is 1. The number of nitrogens with one attached hydrogen (secondary N) is 1. The second-order valence-electron chi connectivity index (χ2n) is 6.76. The number of nitrogens with zero attached hydrogens (tertiary/aromatic N) is 2. The van der Waals surface area contributed by atoms with Gasteiger partial charge in [0.25, 0.3) is 0 Å². The van der Waals surface area contributed by atoms with Crippen molar-refractivity contribution in [2.45, 2.75) is 39.2 Å². The number of hydrogen-bond acceptors (Lipinski definition) is 3. The first-order chi connectivity index (χ1) is 10.2. The number of piperazine rings is 1. The van der Waals surface area contributed by atoms with Crippen LogP contribution in [-0.2, 0) is 6.54 Å². The number of hydrogen-bond donors (Lipinski definition) is 1. The van der Waals surface area contributed by atoms with E-state index in [4.69, 9.17) is 0 Å². The van der Waals surface area contributed by atoms with E-state index in [1.165, 1.54) is 42.7 Å². The second kappa shape index (κ2) is 6.80. The Labute approximate surface area is 129 Å². The lowest BCUT2D eigenvalue weighted by atomic mass is 9.99. The Morgan fingerprint density at radius 3 is 2.43 bits per heavy atom. The SMILES string of the molecule is CC(C)c1ccc(CN2CCCC2)c(N2CCNCC2)c1. The van der Waals surface area contributed by atoms with E-state index in [9.17, 15) is 0 Å². The molecule has 116 valence electrons. The zero-order valence-corrected chi connectivity index (χ0v) is 13.6. The van der Waals surface area contributed by atoms with Crippen LogP contribution in [0.5, 0.6) is 0 Å². The summed E-state index contributed by atoms with van der Waals surface area (Å²) in [6.45, 7) is 12.7. The molecule has 1 aromatic carbocycles. The molecular formula is C18H29N3. The third kappa shape index (κ3) is 3.58. The Hall–Kier alpha value is -1.06. The van der Waals surface area contributed by atoms with Crippen LogP contribution < -0.4 is 10.2 Å². The van der Waals surface area contributed by atoms with Gasteiger partial charge in [-0.05, 0) is 49.0 Å². The first kappa shape index (κ1) is 14.9. The molecular weight excluding hydrogens is 258 g/mol. The lowest BCUT2D eigenvalue weighted by Gasteiger charge is -2.32. The molecule has 21 heavy (non-hydrogen) atoms. The Morgan fingerprint density at radius 2 is 1.76 bits per heavy atom. The van der Waals surface area contributed by atoms with E-state index in [1.807, 2.05) is 0 Å². The normalized spacial score (nSPS) is 20.4. The molecule has 3 heteroatoms. The quantitative estimate of drug-likeness (QED) is 0.918. The minimum absolute atomic E-state index is 0.604. The van der Waals surface area contributed by atoms with Gasteiger partial charge in [0.2, 0.25) is 0 Å². The maximum Gasteiger partial charge on any atom is 0.0415 e. The van der Waals surface area contributed by atoms with Gasteiger partial charge in [0, 0.05) is 38.4 Å². The van der Waals surface area contributed by atoms with Gasteiger partial charge in [-0.3, -0.25) is 4.90 Å². The van der Waals surface area contributed by atoms with Crippen molar-refractivity contribution in [1.82, 2.24) is 10.2 Å². The fourth-order valence-corrected chi connectivity index (χ4v) is 3.46. The van der Waals surface area contributed by atoms with Crippen molar-refractivity contribution in [2.24, 2.45) is 0 Å². The molecule has 1 N–H and O–H groups in total. The number of rotatable bonds is 4. The molecule has 0 aromatic heterocycles. The molecule has 3 nitrogen and oxygen atoms in total. The average Bonchev–Trinajstić information content (AvgIpc) is 3.01. The van der Waals surface area contributed by atoms with Crippen molar-refractivity contribution in [3.05, 3.63) is 29.3 Å². The summed E-state index contributed by atoms with van der Waals surface area (Å²) in [7, 11) is 0. The minimum Gasteiger partial charge on any atom is -0.369 e. The Bertz CT molecular complexity index is 458. The van der Waals surface area contributed by atoms with E-state index >= 15 is 0 Å². The molecule has 0 bridgehead atoms. The molecule has 0 saturated carbocycles. The first-order valence-electron chi connectivity index (χ1n) is 8.55. The van der Waals surface area contributed by atoms with Gasteiger partial charge in [-0.15, -0.1) is 0 Å². The number of benzene rings is 1. The third-order valence-electron chi connectivity index (χ3n) is 4.83. The highest BCUT2D eigenvalue weighted by Gasteiger charge is 2.18. The van der Waals surface area contributed by atoms with E-state index in [1.54, 1.807) is 0 Å². The van der Waals surface area contributed by atoms with Crippen LogP contribution in [-0.4, -0.2) is 44.2 Å². The Balaban J connectivity index is 1.85. The summed E-state index contributed by atoms with van der Waals surface area (Å²) in [5.74, 6) is 0.604. The van der Waals surface area contributed by atoms with Gasteiger partial charge in [-0.2, -0.15) is 0 Å². The maximum atomic E-state index is 3.46. The smallest absolute Gasteiger partial charge is 0.0415 e. The zero-order chi connectivity index (χ0) is 14.7. The van der Waals surface area contributed by atoms with E-state index in [0.29, 0.717) is 5.92 Å². The van der Waals surface area contributed by atoms with Crippen LogP contribution >= 0.6 is 0 Å². The molecule has 0 radical (unpaired) electrons. The van der Waals surface area contributed by atoms with Crippen LogP contribution in [0.4, 0.5) is 5.69 Å². The molecule has 0 amide bonds. The van der Waals surface area contributed by atoms with Crippen LogP contribution in [0.15, 0.2) is 18.2 Å². The third-order valence-corrected chi connectivity index (χ3v) is 4.83. The summed E-state index contributed by atoms with van der Waals surface area (Å²) in [6, 6.07) is 7.16. The molecule has 2 aliphatic heterocycles. The first-order valence-corrected chi connectivity index (χ1v) is 8.55.